The van der Waals surface area contributed by atoms with Gasteiger partial charge in [0.25, 0.3) is 5.91 Å². The Morgan fingerprint density at radius 1 is 1.12 bits per heavy atom. The van der Waals surface area contributed by atoms with E-state index in [4.69, 9.17) is 0 Å². The molecule has 1 aliphatic heterocycles. The molecule has 5 rings (SSSR count). The second-order valence-electron chi connectivity index (χ2n) is 11.4. The van der Waals surface area contributed by atoms with Crippen molar-refractivity contribution >= 4 is 22.9 Å². The average Bonchev–Trinajstić information content (AvgIpc) is 3.36. The predicted octanol–water partition coefficient (Wildman–Crippen LogP) is 6.07. The molecule has 1 N–H and O–H groups in total. The van der Waals surface area contributed by atoms with Gasteiger partial charge in [-0.3, -0.25) is 4.79 Å². The molecule has 2 aromatic carbocycles. The highest BCUT2D eigenvalue weighted by molar-refractivity contribution is 5.95. The molecule has 1 fully saturated rings. The first-order valence-electron chi connectivity index (χ1n) is 14.1. The molecule has 2 heterocycles. The van der Waals surface area contributed by atoms with E-state index in [1.165, 1.54) is 11.1 Å². The second kappa shape index (κ2) is 10.5. The van der Waals surface area contributed by atoms with Crippen molar-refractivity contribution in [3.8, 4) is 0 Å². The van der Waals surface area contributed by atoms with Crippen LogP contribution in [-0.4, -0.2) is 50.0 Å². The molecule has 0 saturated carbocycles. The topological polar surface area (TPSA) is 88.3 Å². The first-order valence-corrected chi connectivity index (χ1v) is 14.1. The van der Waals surface area contributed by atoms with Gasteiger partial charge in [-0.25, -0.2) is 9.48 Å². The summed E-state index contributed by atoms with van der Waals surface area (Å²) in [5.74, 6) is -0.980. The quantitative estimate of drug-likeness (QED) is 0.385. The molecule has 7 heteroatoms. The summed E-state index contributed by atoms with van der Waals surface area (Å²) in [5.41, 5.74) is 9.85. The summed E-state index contributed by atoms with van der Waals surface area (Å²) in [5, 5.41) is 18.7. The van der Waals surface area contributed by atoms with E-state index in [1.54, 1.807) is 0 Å². The van der Waals surface area contributed by atoms with Gasteiger partial charge in [0.2, 0.25) is 0 Å². The number of carbonyl (C=O) groups excluding carboxylic acids is 1. The normalized spacial score (nSPS) is 19.6. The molecule has 1 aliphatic carbocycles. The van der Waals surface area contributed by atoms with Gasteiger partial charge in [-0.2, -0.15) is 0 Å². The van der Waals surface area contributed by atoms with E-state index in [0.717, 1.165) is 50.8 Å². The third kappa shape index (κ3) is 4.67. The van der Waals surface area contributed by atoms with Gasteiger partial charge in [0.05, 0.1) is 5.52 Å². The molecule has 0 radical (unpaired) electrons. The van der Waals surface area contributed by atoms with Crippen molar-refractivity contribution in [1.29, 1.82) is 0 Å². The fourth-order valence-corrected chi connectivity index (χ4v) is 6.45. The molecule has 2 aliphatic rings. The first kappa shape index (κ1) is 27.6. The Morgan fingerprint density at radius 3 is 2.48 bits per heavy atom. The minimum Gasteiger partial charge on any atom is -0.478 e. The van der Waals surface area contributed by atoms with Gasteiger partial charge in [0.1, 0.15) is 5.52 Å². The van der Waals surface area contributed by atoms with Crippen LogP contribution in [0.3, 0.4) is 0 Å². The maximum absolute atomic E-state index is 13.6. The van der Waals surface area contributed by atoms with E-state index in [0.29, 0.717) is 25.6 Å². The van der Waals surface area contributed by atoms with Crippen molar-refractivity contribution in [3.05, 3.63) is 93.1 Å². The monoisotopic (exact) mass is 538 g/mol. The summed E-state index contributed by atoms with van der Waals surface area (Å²) >= 11 is 0. The zero-order valence-electron chi connectivity index (χ0n) is 24.3. The van der Waals surface area contributed by atoms with Crippen molar-refractivity contribution in [2.75, 3.05) is 13.1 Å². The van der Waals surface area contributed by atoms with Crippen molar-refractivity contribution < 1.29 is 14.7 Å². The van der Waals surface area contributed by atoms with Gasteiger partial charge in [0, 0.05) is 36.7 Å². The molecule has 40 heavy (non-hydrogen) atoms. The minimum absolute atomic E-state index is 0.0427. The Morgan fingerprint density at radius 2 is 1.82 bits per heavy atom. The SMILES string of the molecule is C=C(C(=O)O)[C@@H](C1=CC(C)C2CCN(C(=O)c3cc(C)c(C)c(C)c3)CC2=C1)c1ccc2c(nnn2CC)c1C. The molecule has 1 amide bonds. The number of fused-ring (bicyclic) bond motifs is 2. The molecule has 208 valence electrons. The van der Waals surface area contributed by atoms with E-state index < -0.39 is 11.9 Å². The Kier molecular flexibility index (Phi) is 7.25. The van der Waals surface area contributed by atoms with E-state index in [9.17, 15) is 14.7 Å². The van der Waals surface area contributed by atoms with Crippen LogP contribution in [-0.2, 0) is 11.3 Å². The number of carboxylic acids is 1. The number of carboxylic acid groups (broad SMARTS) is 1. The lowest BCUT2D eigenvalue weighted by Crippen LogP contribution is -2.42. The molecule has 7 nitrogen and oxygen atoms in total. The third-order valence-electron chi connectivity index (χ3n) is 9.01. The number of allylic oxidation sites excluding steroid dienone is 3. The standard InChI is InChI=1S/C33H38N4O3/c1-8-37-29-10-9-28(22(6)31(29)34-35-37)30(23(7)33(39)40)24-15-20(4)27-11-12-36(17-26(27)16-24)32(38)25-13-18(2)21(5)19(3)14-25/h9-10,13-16,20,27,30H,7-8,11-12,17H2,1-6H3,(H,39,40)/t20?,27?,30-/m0/s1. The fourth-order valence-electron chi connectivity index (χ4n) is 6.45. The summed E-state index contributed by atoms with van der Waals surface area (Å²) in [7, 11) is 0. The largest absolute Gasteiger partial charge is 0.478 e. The number of amides is 1. The number of aromatic nitrogens is 3. The van der Waals surface area contributed by atoms with Gasteiger partial charge < -0.3 is 10.0 Å². The van der Waals surface area contributed by atoms with Crippen LogP contribution in [0.2, 0.25) is 0 Å². The first-order chi connectivity index (χ1) is 19.0. The molecule has 3 aromatic rings. The summed E-state index contributed by atoms with van der Waals surface area (Å²) in [6.45, 7) is 18.3. The summed E-state index contributed by atoms with van der Waals surface area (Å²) in [4.78, 5) is 27.8. The van der Waals surface area contributed by atoms with Crippen LogP contribution in [0.15, 0.2) is 59.7 Å². The zero-order valence-corrected chi connectivity index (χ0v) is 24.3. The Hall–Kier alpha value is -4.00. The van der Waals surface area contributed by atoms with Gasteiger partial charge >= 0.3 is 5.97 Å². The van der Waals surface area contributed by atoms with Gasteiger partial charge in [0.15, 0.2) is 0 Å². The number of nitrogens with zero attached hydrogens (tertiary/aromatic N) is 4. The molecule has 2 unspecified atom stereocenters. The van der Waals surface area contributed by atoms with Crippen LogP contribution in [0, 0.1) is 39.5 Å². The highest BCUT2D eigenvalue weighted by Crippen LogP contribution is 2.43. The van der Waals surface area contributed by atoms with Crippen molar-refractivity contribution in [2.45, 2.75) is 60.4 Å². The number of rotatable bonds is 6. The average molecular weight is 539 g/mol. The van der Waals surface area contributed by atoms with Crippen LogP contribution >= 0.6 is 0 Å². The summed E-state index contributed by atoms with van der Waals surface area (Å²) in [6.07, 6.45) is 5.20. The zero-order chi connectivity index (χ0) is 28.9. The van der Waals surface area contributed by atoms with Gasteiger partial charge in [-0.15, -0.1) is 5.10 Å². The number of hydrogen-bond acceptors (Lipinski definition) is 4. The van der Waals surface area contributed by atoms with Crippen LogP contribution in [0.1, 0.15) is 64.4 Å². The van der Waals surface area contributed by atoms with Crippen LogP contribution in [0.4, 0.5) is 0 Å². The number of likely N-dealkylation sites (tertiary alicyclic amines) is 1. The number of benzene rings is 2. The maximum Gasteiger partial charge on any atom is 0.331 e. The van der Waals surface area contributed by atoms with Crippen LogP contribution in [0.5, 0.6) is 0 Å². The minimum atomic E-state index is -1.03. The van der Waals surface area contributed by atoms with E-state index in [-0.39, 0.29) is 17.4 Å². The highest BCUT2D eigenvalue weighted by atomic mass is 16.4. The molecule has 1 aromatic heterocycles. The highest BCUT2D eigenvalue weighted by Gasteiger charge is 2.35. The lowest BCUT2D eigenvalue weighted by Gasteiger charge is -2.40. The van der Waals surface area contributed by atoms with Crippen molar-refractivity contribution in [1.82, 2.24) is 19.9 Å². The summed E-state index contributed by atoms with van der Waals surface area (Å²) in [6, 6.07) is 7.93. The predicted molar refractivity (Wildman–Crippen MR) is 157 cm³/mol. The molecular weight excluding hydrogens is 500 g/mol. The molecular formula is C33H38N4O3. The van der Waals surface area contributed by atoms with E-state index in [2.05, 4.69) is 42.9 Å². The number of hydrogen-bond donors (Lipinski definition) is 1. The Labute approximate surface area is 235 Å². The number of piperidine rings is 1. The Balaban J connectivity index is 1.52. The maximum atomic E-state index is 13.6. The van der Waals surface area contributed by atoms with Gasteiger partial charge in [-0.05, 0) is 110 Å². The van der Waals surface area contributed by atoms with Crippen LogP contribution in [0.25, 0.3) is 11.0 Å². The molecule has 0 spiro atoms. The number of aryl methyl sites for hydroxylation is 4. The van der Waals surface area contributed by atoms with Gasteiger partial charge in [-0.1, -0.05) is 36.9 Å². The van der Waals surface area contributed by atoms with E-state index >= 15 is 0 Å². The second-order valence-corrected chi connectivity index (χ2v) is 11.4. The van der Waals surface area contributed by atoms with Crippen molar-refractivity contribution in [3.63, 3.8) is 0 Å². The molecule has 3 atom stereocenters. The third-order valence-corrected chi connectivity index (χ3v) is 9.01. The number of carbonyl (C=O) groups is 2. The molecule has 1 saturated heterocycles. The lowest BCUT2D eigenvalue weighted by molar-refractivity contribution is -0.132. The lowest BCUT2D eigenvalue weighted by atomic mass is 9.72. The smallest absolute Gasteiger partial charge is 0.331 e. The Bertz CT molecular complexity index is 1590. The molecule has 0 bridgehead atoms. The fraction of sp³-hybridized carbons (Fsp3) is 0.394. The van der Waals surface area contributed by atoms with E-state index in [1.807, 2.05) is 61.5 Å². The van der Waals surface area contributed by atoms with Crippen molar-refractivity contribution in [2.24, 2.45) is 11.8 Å². The summed E-state index contributed by atoms with van der Waals surface area (Å²) < 4.78 is 1.84. The number of aliphatic carboxylic acids is 1. The van der Waals surface area contributed by atoms with Crippen LogP contribution < -0.4 is 0 Å².